The van der Waals surface area contributed by atoms with Crippen LogP contribution in [0.5, 0.6) is 0 Å². The Bertz CT molecular complexity index is 831. The number of nitrogens with one attached hydrogen (secondary N) is 1. The van der Waals surface area contributed by atoms with E-state index in [2.05, 4.69) is 50.4 Å². The first kappa shape index (κ1) is 24.9. The predicted octanol–water partition coefficient (Wildman–Crippen LogP) is 5.73. The Kier molecular flexibility index (Phi) is 10.1. The van der Waals surface area contributed by atoms with Gasteiger partial charge in [-0.15, -0.1) is 0 Å². The third-order valence-corrected chi connectivity index (χ3v) is 5.79. The summed E-state index contributed by atoms with van der Waals surface area (Å²) < 4.78 is 0. The zero-order valence-electron chi connectivity index (χ0n) is 19.2. The number of carbonyl (C=O) groups excluding carboxylic acids is 2. The summed E-state index contributed by atoms with van der Waals surface area (Å²) in [4.78, 5) is 27.5. The van der Waals surface area contributed by atoms with E-state index in [0.29, 0.717) is 36.9 Å². The maximum atomic E-state index is 13.2. The molecule has 2 amide bonds. The lowest BCUT2D eigenvalue weighted by molar-refractivity contribution is -0.140. The Morgan fingerprint density at radius 1 is 0.968 bits per heavy atom. The van der Waals surface area contributed by atoms with Gasteiger partial charge >= 0.3 is 0 Å². The van der Waals surface area contributed by atoms with Crippen LogP contribution in [0.2, 0.25) is 5.02 Å². The Morgan fingerprint density at radius 2 is 1.58 bits per heavy atom. The molecule has 0 aliphatic rings. The van der Waals surface area contributed by atoms with Gasteiger partial charge in [0.2, 0.25) is 11.8 Å². The number of rotatable bonds is 11. The van der Waals surface area contributed by atoms with Crippen molar-refractivity contribution in [1.29, 1.82) is 0 Å². The number of carbonyl (C=O) groups is 2. The summed E-state index contributed by atoms with van der Waals surface area (Å²) >= 11 is 6.00. The van der Waals surface area contributed by atoms with Gasteiger partial charge in [-0.05, 0) is 54.5 Å². The molecule has 1 N–H and O–H groups in total. The van der Waals surface area contributed by atoms with Gasteiger partial charge in [-0.2, -0.15) is 0 Å². The van der Waals surface area contributed by atoms with Crippen LogP contribution in [-0.4, -0.2) is 29.3 Å². The number of unbranched alkanes of at least 4 members (excludes halogenated alkanes) is 1. The molecule has 1 atom stereocenters. The molecule has 4 nitrogen and oxygen atoms in total. The predicted molar refractivity (Wildman–Crippen MR) is 128 cm³/mol. The molecule has 0 saturated carbocycles. The fraction of sp³-hybridized carbons (Fsp3) is 0.462. The molecule has 0 radical (unpaired) electrons. The van der Waals surface area contributed by atoms with Crippen LogP contribution in [0.4, 0.5) is 0 Å². The normalized spacial score (nSPS) is 11.9. The molecule has 0 aromatic heterocycles. The fourth-order valence-electron chi connectivity index (χ4n) is 3.37. The van der Waals surface area contributed by atoms with E-state index < -0.39 is 6.04 Å². The fourth-order valence-corrected chi connectivity index (χ4v) is 3.50. The van der Waals surface area contributed by atoms with Gasteiger partial charge in [0.1, 0.15) is 6.04 Å². The van der Waals surface area contributed by atoms with E-state index in [4.69, 9.17) is 11.6 Å². The molecule has 1 unspecified atom stereocenters. The van der Waals surface area contributed by atoms with E-state index in [1.165, 1.54) is 5.56 Å². The number of hydrogen-bond acceptors (Lipinski definition) is 2. The smallest absolute Gasteiger partial charge is 0.242 e. The average Bonchev–Trinajstić information content (AvgIpc) is 2.77. The van der Waals surface area contributed by atoms with Crippen LogP contribution in [0.1, 0.15) is 69.6 Å². The highest BCUT2D eigenvalue weighted by atomic mass is 35.5. The van der Waals surface area contributed by atoms with E-state index in [0.717, 1.165) is 24.0 Å². The summed E-state index contributed by atoms with van der Waals surface area (Å²) in [5, 5.41) is 3.60. The first-order valence-electron chi connectivity index (χ1n) is 11.2. The Morgan fingerprint density at radius 3 is 2.16 bits per heavy atom. The monoisotopic (exact) mass is 442 g/mol. The minimum absolute atomic E-state index is 0.0268. The molecular formula is C26H35ClN2O2. The van der Waals surface area contributed by atoms with Gasteiger partial charge < -0.3 is 10.2 Å². The molecule has 0 spiro atoms. The molecule has 2 aromatic carbocycles. The molecule has 0 heterocycles. The third kappa shape index (κ3) is 8.02. The number of halogens is 1. The number of aryl methyl sites for hydroxylation is 1. The van der Waals surface area contributed by atoms with Crippen molar-refractivity contribution < 1.29 is 9.59 Å². The molecule has 0 saturated heterocycles. The summed E-state index contributed by atoms with van der Waals surface area (Å²) in [7, 11) is 0. The Labute approximate surface area is 192 Å². The summed E-state index contributed by atoms with van der Waals surface area (Å²) in [6.07, 6.45) is 2.95. The van der Waals surface area contributed by atoms with E-state index >= 15 is 0 Å². The summed E-state index contributed by atoms with van der Waals surface area (Å²) in [6.45, 7) is 9.22. The van der Waals surface area contributed by atoms with Crippen LogP contribution < -0.4 is 5.32 Å². The van der Waals surface area contributed by atoms with Crippen molar-refractivity contribution in [3.05, 3.63) is 70.2 Å². The molecule has 0 aliphatic heterocycles. The highest BCUT2D eigenvalue weighted by Crippen LogP contribution is 2.18. The van der Waals surface area contributed by atoms with E-state index in [1.54, 1.807) is 11.8 Å². The van der Waals surface area contributed by atoms with Crippen LogP contribution in [0.3, 0.4) is 0 Å². The molecule has 0 fully saturated rings. The maximum absolute atomic E-state index is 13.2. The average molecular weight is 443 g/mol. The number of amides is 2. The lowest BCUT2D eigenvalue weighted by atomic mass is 10.00. The van der Waals surface area contributed by atoms with E-state index in [-0.39, 0.29) is 11.8 Å². The summed E-state index contributed by atoms with van der Waals surface area (Å²) in [5.41, 5.74) is 3.37. The second kappa shape index (κ2) is 12.5. The zero-order chi connectivity index (χ0) is 22.8. The second-order valence-electron chi connectivity index (χ2n) is 8.36. The minimum atomic E-state index is -0.539. The lowest BCUT2D eigenvalue weighted by Crippen LogP contribution is -2.47. The van der Waals surface area contributed by atoms with Crippen LogP contribution >= 0.6 is 11.6 Å². The first-order chi connectivity index (χ1) is 14.8. The molecule has 0 bridgehead atoms. The van der Waals surface area contributed by atoms with Crippen molar-refractivity contribution in [3.8, 4) is 0 Å². The van der Waals surface area contributed by atoms with Gasteiger partial charge in [0.05, 0.1) is 0 Å². The molecule has 2 rings (SSSR count). The largest absolute Gasteiger partial charge is 0.354 e. The number of benzene rings is 2. The van der Waals surface area contributed by atoms with Gasteiger partial charge in [-0.3, -0.25) is 9.59 Å². The standard InChI is InChI=1S/C26H35ClN2O2/c1-5-6-17-28-26(31)20(4)29(18-22-9-14-24(27)15-10-22)25(30)16-11-21-7-12-23(13-8-21)19(2)3/h7-10,12-15,19-20H,5-6,11,16-18H2,1-4H3,(H,28,31). The van der Waals surface area contributed by atoms with Gasteiger partial charge in [0.15, 0.2) is 0 Å². The Balaban J connectivity index is 2.08. The van der Waals surface area contributed by atoms with Gasteiger partial charge in [-0.25, -0.2) is 0 Å². The minimum Gasteiger partial charge on any atom is -0.354 e. The SMILES string of the molecule is CCCCNC(=O)C(C)N(Cc1ccc(Cl)cc1)C(=O)CCc1ccc(C(C)C)cc1. The number of nitrogens with zero attached hydrogens (tertiary/aromatic N) is 1. The third-order valence-electron chi connectivity index (χ3n) is 5.54. The topological polar surface area (TPSA) is 49.4 Å². The van der Waals surface area contributed by atoms with Crippen LogP contribution in [0.25, 0.3) is 0 Å². The van der Waals surface area contributed by atoms with Crippen molar-refractivity contribution in [3.63, 3.8) is 0 Å². The highest BCUT2D eigenvalue weighted by Gasteiger charge is 2.25. The van der Waals surface area contributed by atoms with E-state index in [9.17, 15) is 9.59 Å². The highest BCUT2D eigenvalue weighted by molar-refractivity contribution is 6.30. The van der Waals surface area contributed by atoms with E-state index in [1.807, 2.05) is 24.3 Å². The molecule has 0 aliphatic carbocycles. The van der Waals surface area contributed by atoms with Gasteiger partial charge in [0, 0.05) is 24.5 Å². The summed E-state index contributed by atoms with van der Waals surface area (Å²) in [5.74, 6) is 0.343. The second-order valence-corrected chi connectivity index (χ2v) is 8.80. The van der Waals surface area contributed by atoms with Gasteiger partial charge in [-0.1, -0.05) is 75.2 Å². The van der Waals surface area contributed by atoms with Crippen molar-refractivity contribution in [2.45, 2.75) is 71.9 Å². The molecular weight excluding hydrogens is 408 g/mol. The quantitative estimate of drug-likeness (QED) is 0.452. The molecule has 31 heavy (non-hydrogen) atoms. The van der Waals surface area contributed by atoms with Crippen molar-refractivity contribution >= 4 is 23.4 Å². The zero-order valence-corrected chi connectivity index (χ0v) is 19.9. The maximum Gasteiger partial charge on any atom is 0.242 e. The molecule has 5 heteroatoms. The number of hydrogen-bond donors (Lipinski definition) is 1. The molecule has 2 aromatic rings. The summed E-state index contributed by atoms with van der Waals surface area (Å²) in [6, 6.07) is 15.3. The van der Waals surface area contributed by atoms with Crippen molar-refractivity contribution in [1.82, 2.24) is 10.2 Å². The first-order valence-corrected chi connectivity index (χ1v) is 11.6. The molecule has 168 valence electrons. The Hall–Kier alpha value is -2.33. The van der Waals surface area contributed by atoms with Crippen LogP contribution in [0.15, 0.2) is 48.5 Å². The van der Waals surface area contributed by atoms with Crippen molar-refractivity contribution in [2.24, 2.45) is 0 Å². The van der Waals surface area contributed by atoms with Crippen LogP contribution in [-0.2, 0) is 22.6 Å². The lowest BCUT2D eigenvalue weighted by Gasteiger charge is -2.29. The van der Waals surface area contributed by atoms with Crippen LogP contribution in [0, 0.1) is 0 Å². The van der Waals surface area contributed by atoms with Crippen molar-refractivity contribution in [2.75, 3.05) is 6.54 Å². The van der Waals surface area contributed by atoms with Gasteiger partial charge in [0.25, 0.3) is 0 Å².